The summed E-state index contributed by atoms with van der Waals surface area (Å²) < 4.78 is 11.9. The van der Waals surface area contributed by atoms with Gasteiger partial charge in [0.25, 0.3) is 0 Å². The van der Waals surface area contributed by atoms with E-state index in [-0.39, 0.29) is 31.5 Å². The number of carbonyl (C=O) groups is 3. The highest BCUT2D eigenvalue weighted by molar-refractivity contribution is 5.86. The van der Waals surface area contributed by atoms with Crippen LogP contribution in [0.2, 0.25) is 0 Å². The number of aryl methyl sites for hydroxylation is 1. The lowest BCUT2D eigenvalue weighted by Gasteiger charge is -2.28. The van der Waals surface area contributed by atoms with Crippen molar-refractivity contribution in [2.75, 3.05) is 46.5 Å². The number of nitrogens with zero attached hydrogens (tertiary/aromatic N) is 3. The molecule has 0 aliphatic carbocycles. The van der Waals surface area contributed by atoms with Crippen LogP contribution in [-0.2, 0) is 32.7 Å². The Bertz CT molecular complexity index is 659. The minimum Gasteiger partial charge on any atom is -0.465 e. The fourth-order valence-corrected chi connectivity index (χ4v) is 2.74. The number of rotatable bonds is 12. The molecule has 29 heavy (non-hydrogen) atoms. The van der Waals surface area contributed by atoms with Crippen molar-refractivity contribution in [3.8, 4) is 0 Å². The maximum absolute atomic E-state index is 13.0. The Hall–Kier alpha value is -2.55. The molecule has 1 N–H and O–H groups in total. The van der Waals surface area contributed by atoms with Crippen LogP contribution in [0.3, 0.4) is 0 Å². The summed E-state index contributed by atoms with van der Waals surface area (Å²) in [5.74, 6) is -0.534. The van der Waals surface area contributed by atoms with E-state index in [2.05, 4.69) is 5.32 Å². The van der Waals surface area contributed by atoms with E-state index < -0.39 is 12.0 Å². The SMILES string of the molecule is CCOC(=O)CNC(=O)N(CC(=O)N(CCOC)Cc1cccn1C)CC(C)C. The predicted molar refractivity (Wildman–Crippen MR) is 109 cm³/mol. The molecular weight excluding hydrogens is 376 g/mol. The van der Waals surface area contributed by atoms with E-state index >= 15 is 0 Å². The quantitative estimate of drug-likeness (QED) is 0.523. The summed E-state index contributed by atoms with van der Waals surface area (Å²) in [6, 6.07) is 3.40. The number of esters is 1. The summed E-state index contributed by atoms with van der Waals surface area (Å²) >= 11 is 0. The first-order valence-corrected chi connectivity index (χ1v) is 9.83. The topological polar surface area (TPSA) is 93.1 Å². The van der Waals surface area contributed by atoms with Crippen molar-refractivity contribution in [1.82, 2.24) is 19.7 Å². The second-order valence-electron chi connectivity index (χ2n) is 7.16. The summed E-state index contributed by atoms with van der Waals surface area (Å²) in [5.41, 5.74) is 0.983. The van der Waals surface area contributed by atoms with Crippen LogP contribution < -0.4 is 5.32 Å². The van der Waals surface area contributed by atoms with Crippen molar-refractivity contribution in [1.29, 1.82) is 0 Å². The van der Waals surface area contributed by atoms with Crippen LogP contribution >= 0.6 is 0 Å². The van der Waals surface area contributed by atoms with Crippen molar-refractivity contribution in [3.05, 3.63) is 24.0 Å². The lowest BCUT2D eigenvalue weighted by atomic mass is 10.2. The van der Waals surface area contributed by atoms with Crippen molar-refractivity contribution in [2.45, 2.75) is 27.3 Å². The highest BCUT2D eigenvalue weighted by Crippen LogP contribution is 2.08. The Morgan fingerprint density at radius 3 is 2.52 bits per heavy atom. The number of aromatic nitrogens is 1. The Labute approximate surface area is 172 Å². The van der Waals surface area contributed by atoms with Crippen LogP contribution in [0, 0.1) is 5.92 Å². The molecule has 0 bridgehead atoms. The molecule has 1 aromatic rings. The number of hydrogen-bond acceptors (Lipinski definition) is 5. The molecular formula is C20H34N4O5. The van der Waals surface area contributed by atoms with Crippen LogP contribution in [0.1, 0.15) is 26.5 Å². The summed E-state index contributed by atoms with van der Waals surface area (Å²) in [6.07, 6.45) is 1.92. The van der Waals surface area contributed by atoms with Gasteiger partial charge in [-0.25, -0.2) is 4.79 Å². The van der Waals surface area contributed by atoms with E-state index in [0.29, 0.717) is 26.2 Å². The molecule has 1 aromatic heterocycles. The van der Waals surface area contributed by atoms with E-state index in [1.165, 1.54) is 4.90 Å². The van der Waals surface area contributed by atoms with E-state index in [4.69, 9.17) is 9.47 Å². The zero-order valence-electron chi connectivity index (χ0n) is 18.1. The number of methoxy groups -OCH3 is 1. The molecule has 0 aliphatic heterocycles. The first-order chi connectivity index (χ1) is 13.8. The number of amides is 3. The molecule has 164 valence electrons. The average Bonchev–Trinajstić information content (AvgIpc) is 3.06. The standard InChI is InChI=1S/C20H34N4O5/c1-6-29-19(26)12-21-20(27)24(13-16(2)3)15-18(25)23(10-11-28-5)14-17-8-7-9-22(17)4/h7-9,16H,6,10-15H2,1-5H3,(H,21,27). The Balaban J connectivity index is 2.81. The summed E-state index contributed by atoms with van der Waals surface area (Å²) in [4.78, 5) is 40.1. The monoisotopic (exact) mass is 410 g/mol. The van der Waals surface area contributed by atoms with Crippen LogP contribution in [0.4, 0.5) is 4.79 Å². The molecule has 9 nitrogen and oxygen atoms in total. The normalized spacial score (nSPS) is 10.7. The third kappa shape index (κ3) is 8.99. The van der Waals surface area contributed by atoms with Gasteiger partial charge in [-0.1, -0.05) is 13.8 Å². The fourth-order valence-electron chi connectivity index (χ4n) is 2.74. The molecule has 0 saturated carbocycles. The van der Waals surface area contributed by atoms with E-state index in [9.17, 15) is 14.4 Å². The molecule has 0 atom stereocenters. The van der Waals surface area contributed by atoms with Gasteiger partial charge < -0.3 is 29.2 Å². The smallest absolute Gasteiger partial charge is 0.325 e. The maximum Gasteiger partial charge on any atom is 0.325 e. The molecule has 0 radical (unpaired) electrons. The molecule has 0 spiro atoms. The second-order valence-corrected chi connectivity index (χ2v) is 7.16. The molecule has 0 saturated heterocycles. The largest absolute Gasteiger partial charge is 0.465 e. The van der Waals surface area contributed by atoms with Crippen molar-refractivity contribution in [3.63, 3.8) is 0 Å². The Morgan fingerprint density at radius 1 is 1.24 bits per heavy atom. The lowest BCUT2D eigenvalue weighted by molar-refractivity contribution is -0.141. The molecule has 0 fully saturated rings. The maximum atomic E-state index is 13.0. The molecule has 0 aromatic carbocycles. The average molecular weight is 411 g/mol. The predicted octanol–water partition coefficient (Wildman–Crippen LogP) is 1.23. The summed E-state index contributed by atoms with van der Waals surface area (Å²) in [5, 5.41) is 2.53. The van der Waals surface area contributed by atoms with Gasteiger partial charge in [-0.15, -0.1) is 0 Å². The number of urea groups is 1. The van der Waals surface area contributed by atoms with Gasteiger partial charge in [-0.2, -0.15) is 0 Å². The van der Waals surface area contributed by atoms with E-state index in [1.54, 1.807) is 18.9 Å². The van der Waals surface area contributed by atoms with Gasteiger partial charge in [0, 0.05) is 39.1 Å². The first-order valence-electron chi connectivity index (χ1n) is 9.83. The highest BCUT2D eigenvalue weighted by atomic mass is 16.5. The van der Waals surface area contributed by atoms with Gasteiger partial charge >= 0.3 is 12.0 Å². The van der Waals surface area contributed by atoms with Crippen LogP contribution in [0.15, 0.2) is 18.3 Å². The van der Waals surface area contributed by atoms with Crippen molar-refractivity contribution >= 4 is 17.9 Å². The summed E-state index contributed by atoms with van der Waals surface area (Å²) in [6.45, 7) is 7.18. The van der Waals surface area contributed by atoms with Crippen molar-refractivity contribution in [2.24, 2.45) is 13.0 Å². The van der Waals surface area contributed by atoms with E-state index in [1.807, 2.05) is 43.8 Å². The second kappa shape index (κ2) is 12.8. The fraction of sp³-hybridized carbons (Fsp3) is 0.650. The van der Waals surface area contributed by atoms with Gasteiger partial charge in [0.05, 0.1) is 19.8 Å². The van der Waals surface area contributed by atoms with Crippen LogP contribution in [0.25, 0.3) is 0 Å². The lowest BCUT2D eigenvalue weighted by Crippen LogP contribution is -2.49. The highest BCUT2D eigenvalue weighted by Gasteiger charge is 2.23. The zero-order valence-corrected chi connectivity index (χ0v) is 18.1. The summed E-state index contributed by atoms with van der Waals surface area (Å²) in [7, 11) is 3.50. The number of carbonyl (C=O) groups excluding carboxylic acids is 3. The minimum atomic E-state index is -0.512. The number of nitrogens with one attached hydrogen (secondary N) is 1. The Kier molecular flexibility index (Phi) is 10.8. The van der Waals surface area contributed by atoms with Gasteiger partial charge in [-0.05, 0) is 25.0 Å². The van der Waals surface area contributed by atoms with Gasteiger partial charge in [0.1, 0.15) is 13.1 Å². The molecule has 1 rings (SSSR count). The molecule has 9 heteroatoms. The van der Waals surface area contributed by atoms with E-state index in [0.717, 1.165) is 5.69 Å². The molecule has 1 heterocycles. The van der Waals surface area contributed by atoms with Crippen LogP contribution in [-0.4, -0.2) is 78.8 Å². The number of ether oxygens (including phenoxy) is 2. The van der Waals surface area contributed by atoms with Crippen molar-refractivity contribution < 1.29 is 23.9 Å². The first kappa shape index (κ1) is 24.5. The Morgan fingerprint density at radius 2 is 1.97 bits per heavy atom. The third-order valence-electron chi connectivity index (χ3n) is 4.21. The van der Waals surface area contributed by atoms with Crippen LogP contribution in [0.5, 0.6) is 0 Å². The molecule has 0 unspecified atom stereocenters. The zero-order chi connectivity index (χ0) is 21.8. The molecule has 0 aliphatic rings. The minimum absolute atomic E-state index is 0.0824. The van der Waals surface area contributed by atoms with Gasteiger partial charge in [0.2, 0.25) is 5.91 Å². The van der Waals surface area contributed by atoms with Gasteiger partial charge in [-0.3, -0.25) is 9.59 Å². The third-order valence-corrected chi connectivity index (χ3v) is 4.21. The molecule has 3 amide bonds. The van der Waals surface area contributed by atoms with Gasteiger partial charge in [0.15, 0.2) is 0 Å². The number of hydrogen-bond donors (Lipinski definition) is 1.